The first-order valence-corrected chi connectivity index (χ1v) is 5.77. The first kappa shape index (κ1) is 14.2. The number of alkyl halides is 3. The second-order valence-electron chi connectivity index (χ2n) is 4.41. The molecule has 0 unspecified atom stereocenters. The van der Waals surface area contributed by atoms with E-state index in [9.17, 15) is 18.0 Å². The Labute approximate surface area is 113 Å². The third-order valence-corrected chi connectivity index (χ3v) is 2.90. The third-order valence-electron chi connectivity index (χ3n) is 2.90. The van der Waals surface area contributed by atoms with E-state index in [1.165, 1.54) is 11.9 Å². The summed E-state index contributed by atoms with van der Waals surface area (Å²) in [4.78, 5) is 15.4. The number of aromatic amines is 1. The molecule has 0 saturated heterocycles. The summed E-state index contributed by atoms with van der Waals surface area (Å²) in [5.74, 6) is -0.488. The molecule has 0 saturated carbocycles. The number of hydrogen-bond acceptors (Lipinski definition) is 2. The van der Waals surface area contributed by atoms with Crippen molar-refractivity contribution < 1.29 is 18.0 Å². The third kappa shape index (κ3) is 2.84. The van der Waals surface area contributed by atoms with E-state index in [4.69, 9.17) is 0 Å². The van der Waals surface area contributed by atoms with E-state index in [2.05, 4.69) is 10.1 Å². The van der Waals surface area contributed by atoms with Gasteiger partial charge in [0.1, 0.15) is 5.69 Å². The molecule has 0 aliphatic carbocycles. The lowest BCUT2D eigenvalue weighted by atomic mass is 10.2. The minimum absolute atomic E-state index is 0.0259. The SMILES string of the molecule is CN(Cc1ccnn1C)C(=O)c1c[nH]c(C(F)(F)F)c1. The van der Waals surface area contributed by atoms with E-state index in [1.807, 2.05) is 0 Å². The van der Waals surface area contributed by atoms with Crippen molar-refractivity contribution in [2.75, 3.05) is 7.05 Å². The van der Waals surface area contributed by atoms with Crippen LogP contribution in [0.25, 0.3) is 0 Å². The minimum atomic E-state index is -4.49. The topological polar surface area (TPSA) is 53.9 Å². The summed E-state index contributed by atoms with van der Waals surface area (Å²) >= 11 is 0. The summed E-state index contributed by atoms with van der Waals surface area (Å²) in [7, 11) is 3.25. The van der Waals surface area contributed by atoms with Crippen LogP contribution < -0.4 is 0 Å². The number of amides is 1. The number of aryl methyl sites for hydroxylation is 1. The molecule has 1 amide bonds. The predicted molar refractivity (Wildman–Crippen MR) is 64.8 cm³/mol. The van der Waals surface area contributed by atoms with Gasteiger partial charge in [-0.3, -0.25) is 9.48 Å². The normalized spacial score (nSPS) is 11.7. The number of carbonyl (C=O) groups excluding carboxylic acids is 1. The number of rotatable bonds is 3. The Morgan fingerprint density at radius 2 is 2.20 bits per heavy atom. The monoisotopic (exact) mass is 286 g/mol. The zero-order valence-electron chi connectivity index (χ0n) is 10.9. The predicted octanol–water partition coefficient (Wildman–Crippen LogP) is 2.04. The molecule has 5 nitrogen and oxygen atoms in total. The molecule has 0 bridgehead atoms. The molecule has 2 rings (SSSR count). The summed E-state index contributed by atoms with van der Waals surface area (Å²) in [5, 5.41) is 3.96. The summed E-state index contributed by atoms with van der Waals surface area (Å²) in [5.41, 5.74) is -0.177. The second kappa shape index (κ2) is 5.03. The van der Waals surface area contributed by atoms with Gasteiger partial charge in [0.05, 0.1) is 17.8 Å². The highest BCUT2D eigenvalue weighted by molar-refractivity contribution is 5.94. The highest BCUT2D eigenvalue weighted by atomic mass is 19.4. The van der Waals surface area contributed by atoms with Crippen molar-refractivity contribution >= 4 is 5.91 Å². The fourth-order valence-electron chi connectivity index (χ4n) is 1.77. The number of H-pyrrole nitrogens is 1. The smallest absolute Gasteiger partial charge is 0.357 e. The quantitative estimate of drug-likeness (QED) is 0.938. The van der Waals surface area contributed by atoms with Gasteiger partial charge in [-0.25, -0.2) is 0 Å². The van der Waals surface area contributed by atoms with Crippen molar-refractivity contribution in [3.63, 3.8) is 0 Å². The van der Waals surface area contributed by atoms with Crippen LogP contribution in [-0.4, -0.2) is 32.6 Å². The zero-order valence-corrected chi connectivity index (χ0v) is 10.9. The van der Waals surface area contributed by atoms with Gasteiger partial charge >= 0.3 is 6.18 Å². The van der Waals surface area contributed by atoms with E-state index in [0.717, 1.165) is 18.0 Å². The highest BCUT2D eigenvalue weighted by Crippen LogP contribution is 2.28. The van der Waals surface area contributed by atoms with Crippen molar-refractivity contribution in [2.24, 2.45) is 7.05 Å². The molecule has 0 radical (unpaired) electrons. The van der Waals surface area contributed by atoms with Crippen LogP contribution in [0.4, 0.5) is 13.2 Å². The van der Waals surface area contributed by atoms with Gasteiger partial charge in [-0.05, 0) is 12.1 Å². The lowest BCUT2D eigenvalue weighted by Crippen LogP contribution is -2.26. The molecular weight excluding hydrogens is 273 g/mol. The summed E-state index contributed by atoms with van der Waals surface area (Å²) in [6, 6.07) is 2.55. The van der Waals surface area contributed by atoms with Crippen molar-refractivity contribution in [2.45, 2.75) is 12.7 Å². The van der Waals surface area contributed by atoms with Crippen molar-refractivity contribution in [1.29, 1.82) is 0 Å². The van der Waals surface area contributed by atoms with E-state index < -0.39 is 17.8 Å². The standard InChI is InChI=1S/C12H13F3N4O/c1-18(7-9-3-4-17-19(9)2)11(20)8-5-10(16-6-8)12(13,14)15/h3-6,16H,7H2,1-2H3. The fourth-order valence-corrected chi connectivity index (χ4v) is 1.77. The molecule has 1 N–H and O–H groups in total. The lowest BCUT2D eigenvalue weighted by Gasteiger charge is -2.16. The van der Waals surface area contributed by atoms with E-state index in [1.54, 1.807) is 24.0 Å². The molecule has 2 aromatic rings. The van der Waals surface area contributed by atoms with Gasteiger partial charge in [0.25, 0.3) is 5.91 Å². The number of carbonyl (C=O) groups is 1. The first-order chi connectivity index (χ1) is 9.29. The molecule has 0 aliphatic rings. The average Bonchev–Trinajstić information content (AvgIpc) is 2.97. The van der Waals surface area contributed by atoms with Crippen LogP contribution in [0, 0.1) is 0 Å². The highest BCUT2D eigenvalue weighted by Gasteiger charge is 2.33. The molecule has 2 heterocycles. The number of halogens is 3. The van der Waals surface area contributed by atoms with Gasteiger partial charge in [0, 0.05) is 26.5 Å². The maximum atomic E-state index is 12.5. The number of aromatic nitrogens is 3. The number of hydrogen-bond donors (Lipinski definition) is 1. The Morgan fingerprint density at radius 1 is 1.50 bits per heavy atom. The Balaban J connectivity index is 2.11. The van der Waals surface area contributed by atoms with Crippen molar-refractivity contribution in [3.8, 4) is 0 Å². The summed E-state index contributed by atoms with van der Waals surface area (Å²) in [6.45, 7) is 0.266. The van der Waals surface area contributed by atoms with Crippen LogP contribution in [0.1, 0.15) is 21.7 Å². The van der Waals surface area contributed by atoms with Gasteiger partial charge in [0.15, 0.2) is 0 Å². The van der Waals surface area contributed by atoms with Crippen LogP contribution in [0.15, 0.2) is 24.5 Å². The molecule has 0 aromatic carbocycles. The summed E-state index contributed by atoms with van der Waals surface area (Å²) in [6.07, 6.45) is -1.84. The van der Waals surface area contributed by atoms with Crippen molar-refractivity contribution in [1.82, 2.24) is 19.7 Å². The second-order valence-corrected chi connectivity index (χ2v) is 4.41. The van der Waals surface area contributed by atoms with Gasteiger partial charge < -0.3 is 9.88 Å². The van der Waals surface area contributed by atoms with E-state index in [0.29, 0.717) is 0 Å². The molecule has 2 aromatic heterocycles. The molecule has 0 aliphatic heterocycles. The molecule has 20 heavy (non-hydrogen) atoms. The zero-order chi connectivity index (χ0) is 14.9. The Hall–Kier alpha value is -2.25. The Kier molecular flexibility index (Phi) is 3.56. The molecule has 108 valence electrons. The van der Waals surface area contributed by atoms with Crippen molar-refractivity contribution in [3.05, 3.63) is 41.5 Å². The van der Waals surface area contributed by atoms with E-state index in [-0.39, 0.29) is 12.1 Å². The number of nitrogens with one attached hydrogen (secondary N) is 1. The van der Waals surface area contributed by atoms with Gasteiger partial charge in [-0.2, -0.15) is 18.3 Å². The first-order valence-electron chi connectivity index (χ1n) is 5.77. The lowest BCUT2D eigenvalue weighted by molar-refractivity contribution is -0.140. The molecule has 0 atom stereocenters. The Morgan fingerprint density at radius 3 is 2.70 bits per heavy atom. The molecular formula is C12H13F3N4O. The average molecular weight is 286 g/mol. The van der Waals surface area contributed by atoms with Crippen LogP contribution in [0.2, 0.25) is 0 Å². The maximum Gasteiger partial charge on any atom is 0.431 e. The van der Waals surface area contributed by atoms with Crippen LogP contribution in [0.5, 0.6) is 0 Å². The molecule has 8 heteroatoms. The summed E-state index contributed by atoms with van der Waals surface area (Å²) < 4.78 is 39.0. The van der Waals surface area contributed by atoms with Crippen LogP contribution in [0.3, 0.4) is 0 Å². The fraction of sp³-hybridized carbons (Fsp3) is 0.333. The minimum Gasteiger partial charge on any atom is -0.357 e. The maximum absolute atomic E-state index is 12.5. The van der Waals surface area contributed by atoms with Gasteiger partial charge in [-0.1, -0.05) is 0 Å². The van der Waals surface area contributed by atoms with E-state index >= 15 is 0 Å². The largest absolute Gasteiger partial charge is 0.431 e. The van der Waals surface area contributed by atoms with Crippen LogP contribution >= 0.6 is 0 Å². The number of nitrogens with zero attached hydrogens (tertiary/aromatic N) is 3. The van der Waals surface area contributed by atoms with Gasteiger partial charge in [-0.15, -0.1) is 0 Å². The Bertz CT molecular complexity index is 614. The molecule has 0 fully saturated rings. The van der Waals surface area contributed by atoms with Gasteiger partial charge in [0.2, 0.25) is 0 Å². The molecule has 0 spiro atoms. The van der Waals surface area contributed by atoms with Crippen LogP contribution in [-0.2, 0) is 19.8 Å².